The van der Waals surface area contributed by atoms with Crippen molar-refractivity contribution in [2.75, 3.05) is 39.8 Å². The number of piperidine rings is 1. The molecule has 0 aromatic carbocycles. The highest BCUT2D eigenvalue weighted by Crippen LogP contribution is 2.20. The van der Waals surface area contributed by atoms with Gasteiger partial charge in [-0.05, 0) is 31.2 Å². The van der Waals surface area contributed by atoms with Crippen LogP contribution in [-0.2, 0) is 4.79 Å². The Kier molecular flexibility index (Phi) is 6.65. The molecule has 0 aromatic heterocycles. The average Bonchev–Trinajstić information content (AvgIpc) is 2.31. The van der Waals surface area contributed by atoms with Gasteiger partial charge in [0.1, 0.15) is 0 Å². The van der Waals surface area contributed by atoms with Crippen molar-refractivity contribution in [1.29, 1.82) is 0 Å². The second-order valence-electron chi connectivity index (χ2n) is 5.91. The van der Waals surface area contributed by atoms with E-state index in [1.54, 1.807) is 0 Å². The van der Waals surface area contributed by atoms with Crippen LogP contribution in [0.25, 0.3) is 0 Å². The second kappa shape index (κ2) is 7.74. The van der Waals surface area contributed by atoms with Gasteiger partial charge in [-0.2, -0.15) is 0 Å². The SMILES string of the molecule is CC1CC(C)CN(CCC(=O)N(C)CCCN)C1. The van der Waals surface area contributed by atoms with Crippen molar-refractivity contribution in [3.63, 3.8) is 0 Å². The maximum atomic E-state index is 11.9. The Morgan fingerprint density at radius 1 is 1.33 bits per heavy atom. The van der Waals surface area contributed by atoms with Crippen LogP contribution < -0.4 is 5.73 Å². The molecule has 0 saturated carbocycles. The van der Waals surface area contributed by atoms with E-state index in [0.29, 0.717) is 13.0 Å². The summed E-state index contributed by atoms with van der Waals surface area (Å²) in [6.45, 7) is 9.23. The fourth-order valence-electron chi connectivity index (χ4n) is 2.87. The highest BCUT2D eigenvalue weighted by Gasteiger charge is 2.22. The molecule has 1 aliphatic heterocycles. The smallest absolute Gasteiger partial charge is 0.223 e. The Labute approximate surface area is 111 Å². The van der Waals surface area contributed by atoms with Crippen LogP contribution in [0.15, 0.2) is 0 Å². The largest absolute Gasteiger partial charge is 0.346 e. The van der Waals surface area contributed by atoms with Crippen LogP contribution in [0.4, 0.5) is 0 Å². The zero-order chi connectivity index (χ0) is 13.5. The Bertz CT molecular complexity index is 247. The van der Waals surface area contributed by atoms with Gasteiger partial charge in [0.05, 0.1) is 0 Å². The molecule has 2 atom stereocenters. The molecule has 4 nitrogen and oxygen atoms in total. The lowest BCUT2D eigenvalue weighted by molar-refractivity contribution is -0.130. The molecule has 106 valence electrons. The van der Waals surface area contributed by atoms with Gasteiger partial charge in [0.2, 0.25) is 5.91 Å². The second-order valence-corrected chi connectivity index (χ2v) is 5.91. The zero-order valence-corrected chi connectivity index (χ0v) is 12.2. The van der Waals surface area contributed by atoms with Gasteiger partial charge in [0, 0.05) is 39.6 Å². The molecule has 0 bridgehead atoms. The number of carbonyl (C=O) groups excluding carboxylic acids is 1. The molecule has 1 aliphatic rings. The Morgan fingerprint density at radius 2 is 1.94 bits per heavy atom. The van der Waals surface area contributed by atoms with Gasteiger partial charge in [0.15, 0.2) is 0 Å². The molecule has 0 radical (unpaired) electrons. The van der Waals surface area contributed by atoms with E-state index in [9.17, 15) is 4.79 Å². The summed E-state index contributed by atoms with van der Waals surface area (Å²) < 4.78 is 0. The fourth-order valence-corrected chi connectivity index (χ4v) is 2.87. The van der Waals surface area contributed by atoms with Crippen molar-refractivity contribution in [2.45, 2.75) is 33.1 Å². The number of rotatable bonds is 6. The van der Waals surface area contributed by atoms with Crippen molar-refractivity contribution in [3.8, 4) is 0 Å². The summed E-state index contributed by atoms with van der Waals surface area (Å²) in [5.74, 6) is 1.77. The monoisotopic (exact) mass is 255 g/mol. The van der Waals surface area contributed by atoms with Crippen LogP contribution in [0.5, 0.6) is 0 Å². The Hall–Kier alpha value is -0.610. The molecule has 1 saturated heterocycles. The molecule has 1 rings (SSSR count). The van der Waals surface area contributed by atoms with Gasteiger partial charge in [0.25, 0.3) is 0 Å². The van der Waals surface area contributed by atoms with Crippen LogP contribution in [0.3, 0.4) is 0 Å². The van der Waals surface area contributed by atoms with E-state index in [1.165, 1.54) is 6.42 Å². The fraction of sp³-hybridized carbons (Fsp3) is 0.929. The van der Waals surface area contributed by atoms with Crippen LogP contribution >= 0.6 is 0 Å². The normalized spacial score (nSPS) is 25.1. The predicted octanol–water partition coefficient (Wildman–Crippen LogP) is 1.16. The first-order valence-corrected chi connectivity index (χ1v) is 7.19. The van der Waals surface area contributed by atoms with E-state index < -0.39 is 0 Å². The van der Waals surface area contributed by atoms with Crippen molar-refractivity contribution >= 4 is 5.91 Å². The van der Waals surface area contributed by atoms with Crippen LogP contribution in [-0.4, -0.2) is 55.5 Å². The summed E-state index contributed by atoms with van der Waals surface area (Å²) in [5, 5.41) is 0. The molecule has 1 amide bonds. The maximum Gasteiger partial charge on any atom is 0.223 e. The highest BCUT2D eigenvalue weighted by molar-refractivity contribution is 5.76. The molecule has 2 unspecified atom stereocenters. The number of nitrogens with zero attached hydrogens (tertiary/aromatic N) is 2. The minimum absolute atomic E-state index is 0.245. The number of likely N-dealkylation sites (tertiary alicyclic amines) is 1. The van der Waals surface area contributed by atoms with Crippen molar-refractivity contribution in [1.82, 2.24) is 9.80 Å². The molecule has 1 fully saturated rings. The molecular weight excluding hydrogens is 226 g/mol. The lowest BCUT2D eigenvalue weighted by Crippen LogP contribution is -2.41. The van der Waals surface area contributed by atoms with Gasteiger partial charge < -0.3 is 15.5 Å². The van der Waals surface area contributed by atoms with Crippen molar-refractivity contribution < 1.29 is 4.79 Å². The summed E-state index contributed by atoms with van der Waals surface area (Å²) in [6, 6.07) is 0. The van der Waals surface area contributed by atoms with Gasteiger partial charge in [-0.25, -0.2) is 0 Å². The third kappa shape index (κ3) is 5.36. The van der Waals surface area contributed by atoms with Crippen LogP contribution in [0, 0.1) is 11.8 Å². The summed E-state index contributed by atoms with van der Waals surface area (Å²) in [7, 11) is 1.87. The van der Waals surface area contributed by atoms with Gasteiger partial charge in [-0.15, -0.1) is 0 Å². The minimum atomic E-state index is 0.245. The number of nitrogens with two attached hydrogens (primary N) is 1. The zero-order valence-electron chi connectivity index (χ0n) is 12.2. The quantitative estimate of drug-likeness (QED) is 0.775. The number of amides is 1. The van der Waals surface area contributed by atoms with E-state index >= 15 is 0 Å². The molecule has 1 heterocycles. The van der Waals surface area contributed by atoms with Crippen LogP contribution in [0.2, 0.25) is 0 Å². The highest BCUT2D eigenvalue weighted by atomic mass is 16.2. The van der Waals surface area contributed by atoms with E-state index in [-0.39, 0.29) is 5.91 Å². The first kappa shape index (κ1) is 15.4. The number of carbonyl (C=O) groups is 1. The first-order valence-electron chi connectivity index (χ1n) is 7.19. The number of hydrogen-bond acceptors (Lipinski definition) is 3. The maximum absolute atomic E-state index is 11.9. The summed E-state index contributed by atoms with van der Waals surface area (Å²) >= 11 is 0. The lowest BCUT2D eigenvalue weighted by atomic mass is 9.92. The lowest BCUT2D eigenvalue weighted by Gasteiger charge is -2.35. The Balaban J connectivity index is 2.25. The van der Waals surface area contributed by atoms with E-state index in [0.717, 1.165) is 44.4 Å². The van der Waals surface area contributed by atoms with E-state index in [2.05, 4.69) is 18.7 Å². The van der Waals surface area contributed by atoms with Crippen molar-refractivity contribution in [3.05, 3.63) is 0 Å². The minimum Gasteiger partial charge on any atom is -0.346 e. The molecule has 0 spiro atoms. The Morgan fingerprint density at radius 3 is 2.50 bits per heavy atom. The van der Waals surface area contributed by atoms with Gasteiger partial charge in [-0.3, -0.25) is 4.79 Å². The van der Waals surface area contributed by atoms with E-state index in [1.807, 2.05) is 11.9 Å². The molecule has 2 N–H and O–H groups in total. The standard InChI is InChI=1S/C14H29N3O/c1-12-9-13(2)11-17(10-12)8-5-14(18)16(3)7-4-6-15/h12-13H,4-11,15H2,1-3H3. The summed E-state index contributed by atoms with van der Waals surface area (Å²) in [6.07, 6.45) is 2.85. The molecular formula is C14H29N3O. The van der Waals surface area contributed by atoms with Crippen molar-refractivity contribution in [2.24, 2.45) is 17.6 Å². The first-order chi connectivity index (χ1) is 8.52. The molecule has 0 aliphatic carbocycles. The summed E-state index contributed by atoms with van der Waals surface area (Å²) in [5.41, 5.74) is 5.45. The molecule has 18 heavy (non-hydrogen) atoms. The topological polar surface area (TPSA) is 49.6 Å². The van der Waals surface area contributed by atoms with E-state index in [4.69, 9.17) is 5.73 Å². The number of hydrogen-bond donors (Lipinski definition) is 1. The van der Waals surface area contributed by atoms with Gasteiger partial charge >= 0.3 is 0 Å². The predicted molar refractivity (Wildman–Crippen MR) is 75.3 cm³/mol. The van der Waals surface area contributed by atoms with Crippen LogP contribution in [0.1, 0.15) is 33.1 Å². The third-order valence-electron chi connectivity index (χ3n) is 3.71. The third-order valence-corrected chi connectivity index (χ3v) is 3.71. The summed E-state index contributed by atoms with van der Waals surface area (Å²) in [4.78, 5) is 16.2. The molecule has 4 heteroatoms. The average molecular weight is 255 g/mol. The molecule has 0 aromatic rings. The van der Waals surface area contributed by atoms with Gasteiger partial charge in [-0.1, -0.05) is 13.8 Å².